The van der Waals surface area contributed by atoms with Crippen molar-refractivity contribution in [1.82, 2.24) is 10.2 Å². The van der Waals surface area contributed by atoms with Gasteiger partial charge in [0.05, 0.1) is 6.61 Å². The fourth-order valence-electron chi connectivity index (χ4n) is 2.42. The van der Waals surface area contributed by atoms with Crippen LogP contribution >= 0.6 is 0 Å². The van der Waals surface area contributed by atoms with E-state index >= 15 is 0 Å². The van der Waals surface area contributed by atoms with Gasteiger partial charge in [-0.1, -0.05) is 39.8 Å². The SMILES string of the molecule is CC(C)COc1ccc(CNCC(C)(C)CN(C)C)cc1. The van der Waals surface area contributed by atoms with Crippen LogP contribution in [0.4, 0.5) is 0 Å². The van der Waals surface area contributed by atoms with Crippen molar-refractivity contribution in [3.05, 3.63) is 29.8 Å². The first kappa shape index (κ1) is 18.0. The maximum Gasteiger partial charge on any atom is 0.119 e. The quantitative estimate of drug-likeness (QED) is 0.755. The lowest BCUT2D eigenvalue weighted by atomic mass is 9.93. The van der Waals surface area contributed by atoms with E-state index in [1.54, 1.807) is 0 Å². The van der Waals surface area contributed by atoms with Gasteiger partial charge in [-0.15, -0.1) is 0 Å². The molecule has 0 fully saturated rings. The van der Waals surface area contributed by atoms with Gasteiger partial charge < -0.3 is 15.0 Å². The first-order valence-corrected chi connectivity index (χ1v) is 7.86. The molecule has 3 nitrogen and oxygen atoms in total. The molecule has 0 amide bonds. The minimum absolute atomic E-state index is 0.282. The average Bonchev–Trinajstić information content (AvgIpc) is 2.36. The normalized spacial score (nSPS) is 12.2. The minimum Gasteiger partial charge on any atom is -0.493 e. The van der Waals surface area contributed by atoms with Crippen LogP contribution < -0.4 is 10.1 Å². The molecule has 0 aromatic heterocycles. The number of benzene rings is 1. The number of hydrogen-bond donors (Lipinski definition) is 1. The Labute approximate surface area is 130 Å². The lowest BCUT2D eigenvalue weighted by Gasteiger charge is -2.28. The highest BCUT2D eigenvalue weighted by atomic mass is 16.5. The Morgan fingerprint density at radius 2 is 1.76 bits per heavy atom. The van der Waals surface area contributed by atoms with E-state index < -0.39 is 0 Å². The highest BCUT2D eigenvalue weighted by Crippen LogP contribution is 2.16. The lowest BCUT2D eigenvalue weighted by Crippen LogP contribution is -2.37. The molecule has 0 aliphatic heterocycles. The van der Waals surface area contributed by atoms with Crippen molar-refractivity contribution >= 4 is 0 Å². The van der Waals surface area contributed by atoms with Gasteiger partial charge in [-0.3, -0.25) is 0 Å². The second-order valence-electron chi connectivity index (χ2n) is 7.35. The largest absolute Gasteiger partial charge is 0.493 e. The Bertz CT molecular complexity index is 396. The van der Waals surface area contributed by atoms with Crippen molar-refractivity contribution in [3.8, 4) is 5.75 Å². The Morgan fingerprint density at radius 1 is 1.14 bits per heavy atom. The Kier molecular flexibility index (Phi) is 7.20. The summed E-state index contributed by atoms with van der Waals surface area (Å²) in [5.74, 6) is 1.52. The van der Waals surface area contributed by atoms with Gasteiger partial charge in [0.2, 0.25) is 0 Å². The zero-order valence-corrected chi connectivity index (χ0v) is 14.6. The first-order valence-electron chi connectivity index (χ1n) is 7.86. The van der Waals surface area contributed by atoms with Crippen LogP contribution in [0, 0.1) is 11.3 Å². The maximum atomic E-state index is 5.70. The Balaban J connectivity index is 2.36. The summed E-state index contributed by atoms with van der Waals surface area (Å²) in [4.78, 5) is 2.24. The molecule has 0 unspecified atom stereocenters. The van der Waals surface area contributed by atoms with E-state index in [-0.39, 0.29) is 5.41 Å². The monoisotopic (exact) mass is 292 g/mol. The number of rotatable bonds is 9. The van der Waals surface area contributed by atoms with Gasteiger partial charge in [-0.25, -0.2) is 0 Å². The predicted molar refractivity (Wildman–Crippen MR) is 90.8 cm³/mol. The Hall–Kier alpha value is -1.06. The van der Waals surface area contributed by atoms with Crippen LogP contribution in [0.15, 0.2) is 24.3 Å². The van der Waals surface area contributed by atoms with E-state index in [0.29, 0.717) is 5.92 Å². The summed E-state index contributed by atoms with van der Waals surface area (Å²) in [5, 5.41) is 3.55. The summed E-state index contributed by atoms with van der Waals surface area (Å²) in [6.45, 7) is 12.7. The van der Waals surface area contributed by atoms with Crippen molar-refractivity contribution in [2.45, 2.75) is 34.2 Å². The van der Waals surface area contributed by atoms with Crippen LogP contribution in [-0.2, 0) is 6.54 Å². The molecule has 120 valence electrons. The molecule has 0 saturated heterocycles. The van der Waals surface area contributed by atoms with E-state index in [2.05, 4.69) is 76.3 Å². The fraction of sp³-hybridized carbons (Fsp3) is 0.667. The van der Waals surface area contributed by atoms with E-state index in [9.17, 15) is 0 Å². The van der Waals surface area contributed by atoms with Crippen LogP contribution in [0.3, 0.4) is 0 Å². The molecule has 1 N–H and O–H groups in total. The lowest BCUT2D eigenvalue weighted by molar-refractivity contribution is 0.232. The third-order valence-corrected chi connectivity index (χ3v) is 3.18. The summed E-state index contributed by atoms with van der Waals surface area (Å²) in [5.41, 5.74) is 1.58. The van der Waals surface area contributed by atoms with Gasteiger partial charge in [0, 0.05) is 19.6 Å². The molecule has 0 heterocycles. The second-order valence-corrected chi connectivity index (χ2v) is 7.35. The van der Waals surface area contributed by atoms with Gasteiger partial charge in [0.1, 0.15) is 5.75 Å². The van der Waals surface area contributed by atoms with E-state index in [1.807, 2.05) is 0 Å². The van der Waals surface area contributed by atoms with Crippen molar-refractivity contribution in [2.24, 2.45) is 11.3 Å². The summed E-state index contributed by atoms with van der Waals surface area (Å²) >= 11 is 0. The van der Waals surface area contributed by atoms with Crippen LogP contribution in [0.1, 0.15) is 33.3 Å². The van der Waals surface area contributed by atoms with E-state index in [0.717, 1.165) is 32.0 Å². The van der Waals surface area contributed by atoms with Gasteiger partial charge in [0.25, 0.3) is 0 Å². The molecule has 1 rings (SSSR count). The maximum absolute atomic E-state index is 5.70. The molecule has 0 atom stereocenters. The number of ether oxygens (including phenoxy) is 1. The molecule has 0 radical (unpaired) electrons. The third kappa shape index (κ3) is 8.08. The van der Waals surface area contributed by atoms with Crippen molar-refractivity contribution in [1.29, 1.82) is 0 Å². The predicted octanol–water partition coefficient (Wildman–Crippen LogP) is 3.40. The average molecular weight is 292 g/mol. The zero-order valence-electron chi connectivity index (χ0n) is 14.6. The number of hydrogen-bond acceptors (Lipinski definition) is 3. The molecule has 21 heavy (non-hydrogen) atoms. The van der Waals surface area contributed by atoms with Crippen molar-refractivity contribution < 1.29 is 4.74 Å². The van der Waals surface area contributed by atoms with Crippen molar-refractivity contribution in [3.63, 3.8) is 0 Å². The van der Waals surface area contributed by atoms with Crippen molar-refractivity contribution in [2.75, 3.05) is 33.8 Å². The van der Waals surface area contributed by atoms with Crippen LogP contribution in [-0.4, -0.2) is 38.7 Å². The molecule has 1 aromatic carbocycles. The minimum atomic E-state index is 0.282. The fourth-order valence-corrected chi connectivity index (χ4v) is 2.42. The highest BCUT2D eigenvalue weighted by Gasteiger charge is 2.17. The van der Waals surface area contributed by atoms with Crippen LogP contribution in [0.5, 0.6) is 5.75 Å². The second kappa shape index (κ2) is 8.40. The standard InChI is InChI=1S/C18H32N2O/c1-15(2)12-21-17-9-7-16(8-10-17)11-19-13-18(3,4)14-20(5)6/h7-10,15,19H,11-14H2,1-6H3. The molecule has 3 heteroatoms. The Morgan fingerprint density at radius 3 is 2.29 bits per heavy atom. The molecule has 0 saturated carbocycles. The van der Waals surface area contributed by atoms with Gasteiger partial charge >= 0.3 is 0 Å². The molecule has 0 aliphatic rings. The molecule has 0 aliphatic carbocycles. The van der Waals surface area contributed by atoms with E-state index in [1.165, 1.54) is 5.56 Å². The summed E-state index contributed by atoms with van der Waals surface area (Å²) in [6, 6.07) is 8.40. The summed E-state index contributed by atoms with van der Waals surface area (Å²) in [6.07, 6.45) is 0. The van der Waals surface area contributed by atoms with Gasteiger partial charge in [-0.05, 0) is 43.1 Å². The van der Waals surface area contributed by atoms with Crippen LogP contribution in [0.2, 0.25) is 0 Å². The van der Waals surface area contributed by atoms with Gasteiger partial charge in [-0.2, -0.15) is 0 Å². The zero-order chi connectivity index (χ0) is 15.9. The number of nitrogens with one attached hydrogen (secondary N) is 1. The highest BCUT2D eigenvalue weighted by molar-refractivity contribution is 5.27. The topological polar surface area (TPSA) is 24.5 Å². The van der Waals surface area contributed by atoms with Crippen LogP contribution in [0.25, 0.3) is 0 Å². The van der Waals surface area contributed by atoms with E-state index in [4.69, 9.17) is 4.74 Å². The third-order valence-electron chi connectivity index (χ3n) is 3.18. The van der Waals surface area contributed by atoms with Gasteiger partial charge in [0.15, 0.2) is 0 Å². The summed E-state index contributed by atoms with van der Waals surface area (Å²) in [7, 11) is 4.25. The molecule has 1 aromatic rings. The molecule has 0 bridgehead atoms. The first-order chi connectivity index (χ1) is 9.78. The molecular formula is C18H32N2O. The molecular weight excluding hydrogens is 260 g/mol. The smallest absolute Gasteiger partial charge is 0.119 e. The number of nitrogens with zero attached hydrogens (tertiary/aromatic N) is 1. The summed E-state index contributed by atoms with van der Waals surface area (Å²) < 4.78 is 5.70. The molecule has 0 spiro atoms.